The van der Waals surface area contributed by atoms with Gasteiger partial charge in [0.2, 0.25) is 22.4 Å². The number of hydrogen-bond acceptors (Lipinski definition) is 5. The van der Waals surface area contributed by atoms with Crippen molar-refractivity contribution in [3.8, 4) is 11.5 Å². The molecule has 10 heteroatoms. The van der Waals surface area contributed by atoms with Gasteiger partial charge in [0, 0.05) is 12.1 Å². The zero-order valence-electron chi connectivity index (χ0n) is 10.8. The molecule has 2 N–H and O–H groups in total. The normalized spacial score (nSPS) is 11.1. The molecule has 20 heavy (non-hydrogen) atoms. The maximum Gasteiger partial charge on any atom is 0.321 e. The van der Waals surface area contributed by atoms with Crippen molar-refractivity contribution < 1.29 is 29.1 Å². The first-order valence-corrected chi connectivity index (χ1v) is 8.65. The number of ether oxygens (including phenoxy) is 2. The molecule has 112 valence electrons. The van der Waals surface area contributed by atoms with Crippen molar-refractivity contribution in [1.29, 1.82) is 0 Å². The Morgan fingerprint density at radius 1 is 1.25 bits per heavy atom. The summed E-state index contributed by atoms with van der Waals surface area (Å²) in [6.07, 6.45) is 0. The molecule has 0 spiro atoms. The van der Waals surface area contributed by atoms with Crippen LogP contribution >= 0.6 is 6.72 Å². The zero-order valence-corrected chi connectivity index (χ0v) is 12.5. The third kappa shape index (κ3) is 4.39. The van der Waals surface area contributed by atoms with Crippen molar-refractivity contribution >= 4 is 23.3 Å². The highest BCUT2D eigenvalue weighted by atomic mass is 32.5. The highest BCUT2D eigenvalue weighted by Gasteiger charge is 2.29. The number of rotatable bonds is 6. The van der Waals surface area contributed by atoms with Gasteiger partial charge in [-0.3, -0.25) is 10.1 Å². The van der Waals surface area contributed by atoms with Crippen molar-refractivity contribution in [2.24, 2.45) is 0 Å². The van der Waals surface area contributed by atoms with Crippen molar-refractivity contribution in [3.63, 3.8) is 0 Å². The van der Waals surface area contributed by atoms with Crippen molar-refractivity contribution in [2.45, 2.75) is 18.7 Å². The lowest BCUT2D eigenvalue weighted by molar-refractivity contribution is -0.386. The van der Waals surface area contributed by atoms with E-state index in [1.807, 2.05) is 0 Å². The van der Waals surface area contributed by atoms with Crippen LogP contribution in [0.1, 0.15) is 13.8 Å². The molecule has 0 aliphatic carbocycles. The van der Waals surface area contributed by atoms with Crippen molar-refractivity contribution in [2.75, 3.05) is 13.2 Å². The highest BCUT2D eigenvalue weighted by molar-refractivity contribution is 8.16. The first kappa shape index (κ1) is 16.8. The van der Waals surface area contributed by atoms with E-state index in [0.29, 0.717) is 0 Å². The first-order valence-electron chi connectivity index (χ1n) is 5.62. The monoisotopic (exact) mass is 323 g/mol. The molecule has 0 aromatic heterocycles. The van der Waals surface area contributed by atoms with E-state index in [2.05, 4.69) is 0 Å². The molecule has 0 bridgehead atoms. The molecule has 0 aliphatic heterocycles. The van der Waals surface area contributed by atoms with Gasteiger partial charge < -0.3 is 24.2 Å². The van der Waals surface area contributed by atoms with Gasteiger partial charge in [-0.1, -0.05) is 0 Å². The minimum Gasteiger partial charge on any atom is -0.742 e. The topological polar surface area (TPSA) is 125 Å². The second kappa shape index (κ2) is 6.96. The summed E-state index contributed by atoms with van der Waals surface area (Å²) in [6.45, 7) is -0.776. The molecule has 0 radical (unpaired) electrons. The molecule has 0 aliphatic rings. The number of nitro benzene ring substituents is 1. The summed E-state index contributed by atoms with van der Waals surface area (Å²) in [5.74, 6) is -0.158. The molecular weight excluding hydrogens is 309 g/mol. The maximum absolute atomic E-state index is 11.1. The predicted octanol–water partition coefficient (Wildman–Crippen LogP) is 0.856. The number of nitro groups is 1. The van der Waals surface area contributed by atoms with Crippen LogP contribution in [0, 0.1) is 10.1 Å². The van der Waals surface area contributed by atoms with Crippen LogP contribution in [-0.2, 0) is 10.9 Å². The number of hydrogen-bond donors (Lipinski definition) is 2. The van der Waals surface area contributed by atoms with Gasteiger partial charge >= 0.3 is 12.4 Å². The van der Waals surface area contributed by atoms with E-state index in [4.69, 9.17) is 19.3 Å². The summed E-state index contributed by atoms with van der Waals surface area (Å²) in [7, 11) is 0.267. The molecule has 0 unspecified atom stereocenters. The molecule has 0 saturated heterocycles. The van der Waals surface area contributed by atoms with E-state index in [9.17, 15) is 15.0 Å². The molecular formula is C10H14NO7PS. The molecule has 1 rings (SSSR count). The van der Waals surface area contributed by atoms with Crippen LogP contribution in [0.4, 0.5) is 5.69 Å². The second-order valence-corrected chi connectivity index (χ2v) is 7.02. The summed E-state index contributed by atoms with van der Waals surface area (Å²) < 4.78 is 10.5. The molecule has 0 fully saturated rings. The Kier molecular flexibility index (Phi) is 5.85. The van der Waals surface area contributed by atoms with Gasteiger partial charge in [0.15, 0.2) is 0 Å². The lowest BCUT2D eigenvalue weighted by atomic mass is 10.2. The molecule has 0 saturated carbocycles. The quantitative estimate of drug-likeness (QED) is 0.344. The third-order valence-corrected chi connectivity index (χ3v) is 4.11. The second-order valence-electron chi connectivity index (χ2n) is 3.45. The first-order chi connectivity index (χ1) is 9.30. The number of benzene rings is 1. The van der Waals surface area contributed by atoms with Gasteiger partial charge in [0.25, 0.3) is 4.90 Å². The van der Waals surface area contributed by atoms with E-state index < -0.39 is 11.6 Å². The highest BCUT2D eigenvalue weighted by Crippen LogP contribution is 2.42. The predicted molar refractivity (Wildman–Crippen MR) is 72.4 cm³/mol. The van der Waals surface area contributed by atoms with Crippen LogP contribution < -0.4 is 14.4 Å². The Hall–Kier alpha value is -1.25. The van der Waals surface area contributed by atoms with Crippen LogP contribution in [0.2, 0.25) is 0 Å². The van der Waals surface area contributed by atoms with Gasteiger partial charge in [-0.05, 0) is 13.8 Å². The van der Waals surface area contributed by atoms with Crippen LogP contribution in [0.5, 0.6) is 11.5 Å². The van der Waals surface area contributed by atoms with E-state index in [0.717, 1.165) is 6.07 Å². The summed E-state index contributed by atoms with van der Waals surface area (Å²) >= 11 is 0. The van der Waals surface area contributed by atoms with Crippen LogP contribution in [0.3, 0.4) is 0 Å². The zero-order chi connectivity index (χ0) is 15.3. The Labute approximate surface area is 119 Å². The lowest BCUT2D eigenvalue weighted by Crippen LogP contribution is -2.05. The fourth-order valence-corrected chi connectivity index (χ4v) is 3.26. The molecule has 0 atom stereocenters. The van der Waals surface area contributed by atoms with E-state index in [1.165, 1.54) is 6.07 Å². The fraction of sp³-hybridized carbons (Fsp3) is 0.400. The minimum atomic E-state index is -4.40. The third-order valence-electron chi connectivity index (χ3n) is 2.05. The smallest absolute Gasteiger partial charge is 0.321 e. The van der Waals surface area contributed by atoms with Gasteiger partial charge in [0.1, 0.15) is 0 Å². The molecule has 0 heterocycles. The molecule has 8 nitrogen and oxygen atoms in total. The van der Waals surface area contributed by atoms with Crippen LogP contribution in [-0.4, -0.2) is 27.9 Å². The van der Waals surface area contributed by atoms with Crippen LogP contribution in [0.15, 0.2) is 17.0 Å². The van der Waals surface area contributed by atoms with E-state index in [-0.39, 0.29) is 46.2 Å². The molecule has 0 amide bonds. The van der Waals surface area contributed by atoms with Gasteiger partial charge in [-0.2, -0.15) is 0 Å². The Morgan fingerprint density at radius 2 is 1.80 bits per heavy atom. The Bertz CT molecular complexity index is 549. The standard InChI is InChI=1S/C10H14NO7PS/c1-3-17-9-7(11(12)13)5-6-8(10(9)18-4-2)20-19(14,15)16/h5-6H,3-4H2,1-2H3,(H2-,14,15,16). The fourth-order valence-electron chi connectivity index (χ4n) is 1.44. The Balaban J connectivity index is 3.55. The maximum atomic E-state index is 11.1. The summed E-state index contributed by atoms with van der Waals surface area (Å²) in [5, 5.41) is 11.0. The van der Waals surface area contributed by atoms with E-state index in [1.54, 1.807) is 13.8 Å². The van der Waals surface area contributed by atoms with Crippen molar-refractivity contribution in [1.82, 2.24) is 0 Å². The number of nitrogens with zero attached hydrogens (tertiary/aromatic N) is 1. The Morgan fingerprint density at radius 3 is 2.25 bits per heavy atom. The van der Waals surface area contributed by atoms with Crippen LogP contribution in [0.25, 0.3) is 0 Å². The average molecular weight is 323 g/mol. The summed E-state index contributed by atoms with van der Waals surface area (Å²) in [6, 6.07) is 2.36. The van der Waals surface area contributed by atoms with Crippen molar-refractivity contribution in [3.05, 3.63) is 22.2 Å². The SMILES string of the molecule is CCOc1c([S+]=P([O-])(O)O)ccc([N+](=O)[O-])c1OCC. The van der Waals surface area contributed by atoms with Gasteiger partial charge in [0.05, 0.1) is 18.1 Å². The summed E-state index contributed by atoms with van der Waals surface area (Å²) in [5.41, 5.74) is -0.314. The molecule has 1 aromatic carbocycles. The average Bonchev–Trinajstić information content (AvgIpc) is 2.31. The summed E-state index contributed by atoms with van der Waals surface area (Å²) in [4.78, 5) is 39.5. The van der Waals surface area contributed by atoms with Gasteiger partial charge in [-0.25, -0.2) is 0 Å². The van der Waals surface area contributed by atoms with E-state index >= 15 is 0 Å². The lowest BCUT2D eigenvalue weighted by Gasteiger charge is -2.10. The molecule has 1 aromatic rings. The van der Waals surface area contributed by atoms with Gasteiger partial charge in [-0.15, -0.1) is 0 Å². The largest absolute Gasteiger partial charge is 0.742 e. The minimum absolute atomic E-state index is 0.0307.